The molecule has 0 atom stereocenters. The van der Waals surface area contributed by atoms with E-state index in [1.54, 1.807) is 4.74 Å². The fourth-order valence-electron chi connectivity index (χ4n) is 1.32. The van der Waals surface area contributed by atoms with Crippen molar-refractivity contribution in [3.05, 3.63) is 0 Å². The Bertz CT molecular complexity index is 665. The summed E-state index contributed by atoms with van der Waals surface area (Å²) in [6.45, 7) is -2.93. The smallest absolute Gasteiger partial charge is 0.387 e. The Balaban J connectivity index is 6.36. The lowest BCUT2D eigenvalue weighted by Gasteiger charge is -2.40. The zero-order valence-electron chi connectivity index (χ0n) is 13.7. The van der Waals surface area contributed by atoms with Crippen LogP contribution in [0, 0.1) is 0 Å². The molecule has 0 rings (SSSR count). The van der Waals surface area contributed by atoms with E-state index in [1.807, 2.05) is 0 Å². The Hall–Kier alpha value is -1.45. The van der Waals surface area contributed by atoms with Crippen LogP contribution in [0.2, 0.25) is 0 Å². The molecular formula is C10H3F19O3. The summed E-state index contributed by atoms with van der Waals surface area (Å²) in [6.07, 6.45) is -36.7. The standard InChI is InChI=1S/C10H3F19O3/c11-2(12,1-30)31-9(26,27)10(28,29)32-8(24,25)6(19,20)4(15,16)3(13,14)5(17,18)7(21,22)23/h30H,1H2. The monoisotopic (exact) mass is 532 g/mol. The molecule has 194 valence electrons. The maximum Gasteiger partial charge on any atom is 0.460 e. The number of aliphatic hydroxyl groups excluding tert-OH is 1. The van der Waals surface area contributed by atoms with Crippen LogP contribution in [-0.4, -0.2) is 66.0 Å². The van der Waals surface area contributed by atoms with Crippen molar-refractivity contribution in [2.75, 3.05) is 6.61 Å². The van der Waals surface area contributed by atoms with Gasteiger partial charge in [0.25, 0.3) is 0 Å². The van der Waals surface area contributed by atoms with Crippen LogP contribution in [0.4, 0.5) is 83.4 Å². The third-order valence-corrected chi connectivity index (χ3v) is 2.96. The lowest BCUT2D eigenvalue weighted by atomic mass is 9.97. The van der Waals surface area contributed by atoms with Gasteiger partial charge in [-0.1, -0.05) is 0 Å². The molecule has 0 saturated heterocycles. The van der Waals surface area contributed by atoms with Crippen LogP contribution in [0.3, 0.4) is 0 Å². The summed E-state index contributed by atoms with van der Waals surface area (Å²) < 4.78 is 244. The van der Waals surface area contributed by atoms with E-state index in [-0.39, 0.29) is 0 Å². The summed E-state index contributed by atoms with van der Waals surface area (Å²) in [5.74, 6) is -34.1. The van der Waals surface area contributed by atoms with Gasteiger partial charge in [-0.15, -0.1) is 0 Å². The molecule has 0 spiro atoms. The molecule has 0 bridgehead atoms. The molecule has 0 aliphatic carbocycles. The van der Waals surface area contributed by atoms with Crippen molar-refractivity contribution in [2.45, 2.75) is 54.3 Å². The van der Waals surface area contributed by atoms with Crippen LogP contribution < -0.4 is 0 Å². The highest BCUT2D eigenvalue weighted by Gasteiger charge is 2.92. The van der Waals surface area contributed by atoms with Crippen molar-refractivity contribution in [3.8, 4) is 0 Å². The number of hydrogen-bond acceptors (Lipinski definition) is 3. The van der Waals surface area contributed by atoms with Gasteiger partial charge in [-0.2, -0.15) is 83.4 Å². The number of rotatable bonds is 10. The normalized spacial score (nSPS) is 16.5. The van der Waals surface area contributed by atoms with Crippen LogP contribution >= 0.6 is 0 Å². The molecule has 32 heavy (non-hydrogen) atoms. The maximum absolute atomic E-state index is 13.1. The van der Waals surface area contributed by atoms with E-state index >= 15 is 0 Å². The Morgan fingerprint density at radius 2 is 0.719 bits per heavy atom. The molecule has 0 saturated carbocycles. The molecule has 0 heterocycles. The molecular weight excluding hydrogens is 529 g/mol. The zero-order valence-corrected chi connectivity index (χ0v) is 13.7. The third-order valence-electron chi connectivity index (χ3n) is 2.96. The first-order valence-electron chi connectivity index (χ1n) is 6.58. The van der Waals surface area contributed by atoms with E-state index in [0.717, 1.165) is 0 Å². The lowest BCUT2D eigenvalue weighted by molar-refractivity contribution is -0.544. The zero-order chi connectivity index (χ0) is 26.6. The van der Waals surface area contributed by atoms with Crippen LogP contribution in [0.15, 0.2) is 0 Å². The molecule has 0 amide bonds. The van der Waals surface area contributed by atoms with E-state index in [2.05, 4.69) is 0 Å². The van der Waals surface area contributed by atoms with Crippen LogP contribution in [0.5, 0.6) is 0 Å². The number of hydrogen-bond donors (Lipinski definition) is 1. The Morgan fingerprint density at radius 3 is 1.03 bits per heavy atom. The maximum atomic E-state index is 13.1. The first-order valence-corrected chi connectivity index (χ1v) is 6.58. The van der Waals surface area contributed by atoms with E-state index in [9.17, 15) is 83.4 Å². The van der Waals surface area contributed by atoms with Gasteiger partial charge >= 0.3 is 54.3 Å². The molecule has 22 heteroatoms. The van der Waals surface area contributed by atoms with Crippen molar-refractivity contribution in [2.24, 2.45) is 0 Å². The van der Waals surface area contributed by atoms with Crippen molar-refractivity contribution >= 4 is 0 Å². The fourth-order valence-corrected chi connectivity index (χ4v) is 1.32. The minimum absolute atomic E-state index is 1.18. The van der Waals surface area contributed by atoms with Crippen LogP contribution in [0.1, 0.15) is 0 Å². The van der Waals surface area contributed by atoms with Crippen molar-refractivity contribution in [1.82, 2.24) is 0 Å². The van der Waals surface area contributed by atoms with Crippen molar-refractivity contribution in [1.29, 1.82) is 0 Å². The number of alkyl halides is 19. The molecule has 0 aromatic rings. The number of ether oxygens (including phenoxy) is 2. The van der Waals surface area contributed by atoms with Gasteiger partial charge in [0.05, 0.1) is 0 Å². The highest BCUT2D eigenvalue weighted by Crippen LogP contribution is 2.61. The minimum atomic E-state index is -8.68. The third kappa shape index (κ3) is 4.75. The Morgan fingerprint density at radius 1 is 0.406 bits per heavy atom. The number of aliphatic hydroxyl groups is 1. The summed E-state index contributed by atoms with van der Waals surface area (Å²) in [4.78, 5) is 0. The molecule has 0 aliphatic rings. The van der Waals surface area contributed by atoms with Gasteiger partial charge < -0.3 is 5.11 Å². The van der Waals surface area contributed by atoms with E-state index in [1.165, 1.54) is 4.74 Å². The summed E-state index contributed by atoms with van der Waals surface area (Å²) >= 11 is 0. The van der Waals surface area contributed by atoms with Gasteiger partial charge in [0.1, 0.15) is 6.61 Å². The second kappa shape index (κ2) is 7.81. The molecule has 0 unspecified atom stereocenters. The largest absolute Gasteiger partial charge is 0.460 e. The highest BCUT2D eigenvalue weighted by atomic mass is 19.4. The molecule has 0 aromatic heterocycles. The average Bonchev–Trinajstić information content (AvgIpc) is 2.50. The lowest BCUT2D eigenvalue weighted by Crippen LogP contribution is -2.71. The van der Waals surface area contributed by atoms with Gasteiger partial charge in [0.15, 0.2) is 0 Å². The Kier molecular flexibility index (Phi) is 7.45. The molecule has 1 N–H and O–H groups in total. The second-order valence-electron chi connectivity index (χ2n) is 5.35. The first kappa shape index (κ1) is 30.6. The molecule has 3 nitrogen and oxygen atoms in total. The van der Waals surface area contributed by atoms with Gasteiger partial charge in [-0.25, -0.2) is 9.47 Å². The van der Waals surface area contributed by atoms with E-state index in [0.29, 0.717) is 0 Å². The summed E-state index contributed by atoms with van der Waals surface area (Å²) in [7, 11) is 0. The van der Waals surface area contributed by atoms with Gasteiger partial charge in [0, 0.05) is 0 Å². The first-order chi connectivity index (χ1) is 13.5. The SMILES string of the molecule is OCC(F)(F)OC(F)(F)C(F)(F)OC(F)(F)C(F)(F)C(F)(F)C(F)(F)C(F)(F)C(F)(F)F. The van der Waals surface area contributed by atoms with Crippen LogP contribution in [0.25, 0.3) is 0 Å². The summed E-state index contributed by atoms with van der Waals surface area (Å²) in [6, 6.07) is 0. The molecule has 0 aliphatic heterocycles. The van der Waals surface area contributed by atoms with Crippen molar-refractivity contribution < 1.29 is 98.0 Å². The molecule has 0 radical (unpaired) electrons. The van der Waals surface area contributed by atoms with Crippen molar-refractivity contribution in [3.63, 3.8) is 0 Å². The molecule has 0 fully saturated rings. The van der Waals surface area contributed by atoms with Gasteiger partial charge in [-0.3, -0.25) is 0 Å². The second-order valence-corrected chi connectivity index (χ2v) is 5.35. The van der Waals surface area contributed by atoms with Gasteiger partial charge in [-0.05, 0) is 0 Å². The summed E-state index contributed by atoms with van der Waals surface area (Å²) in [5, 5.41) is 7.82. The molecule has 0 aromatic carbocycles. The Labute approximate surface area is 160 Å². The summed E-state index contributed by atoms with van der Waals surface area (Å²) in [5.41, 5.74) is 0. The predicted molar refractivity (Wildman–Crippen MR) is 54.9 cm³/mol. The fraction of sp³-hybridized carbons (Fsp3) is 1.00. The number of halogens is 19. The van der Waals surface area contributed by atoms with Crippen LogP contribution in [-0.2, 0) is 9.47 Å². The van der Waals surface area contributed by atoms with E-state index in [4.69, 9.17) is 5.11 Å². The van der Waals surface area contributed by atoms with E-state index < -0.39 is 60.9 Å². The highest BCUT2D eigenvalue weighted by molar-refractivity contribution is 5.08. The van der Waals surface area contributed by atoms with Gasteiger partial charge in [0.2, 0.25) is 0 Å². The minimum Gasteiger partial charge on any atom is -0.387 e. The quantitative estimate of drug-likeness (QED) is 0.379. The topological polar surface area (TPSA) is 38.7 Å². The average molecular weight is 532 g/mol. The predicted octanol–water partition coefficient (Wildman–Crippen LogP) is 5.49.